The van der Waals surface area contributed by atoms with E-state index in [0.29, 0.717) is 17.4 Å². The van der Waals surface area contributed by atoms with Crippen molar-refractivity contribution < 1.29 is 14.7 Å². The predicted molar refractivity (Wildman–Crippen MR) is 84.4 cm³/mol. The largest absolute Gasteiger partial charge is 0.478 e. The second-order valence-electron chi connectivity index (χ2n) is 5.59. The van der Waals surface area contributed by atoms with Crippen molar-refractivity contribution >= 4 is 29.3 Å². The average Bonchev–Trinajstić information content (AvgIpc) is 3.04. The van der Waals surface area contributed by atoms with Gasteiger partial charge in [0.2, 0.25) is 0 Å². The molecule has 3 atom stereocenters. The maximum atomic E-state index is 12.2. The number of carbonyl (C=O) groups excluding carboxylic acids is 1. The molecule has 1 amide bonds. The quantitative estimate of drug-likeness (QED) is 0.819. The molecule has 1 aliphatic carbocycles. The number of carboxylic acids is 1. The fraction of sp³-hybridized carbons (Fsp3) is 0.500. The summed E-state index contributed by atoms with van der Waals surface area (Å²) in [4.78, 5) is 23.5. The van der Waals surface area contributed by atoms with Gasteiger partial charge in [-0.25, -0.2) is 4.79 Å². The van der Waals surface area contributed by atoms with Crippen molar-refractivity contribution in [3.8, 4) is 0 Å². The van der Waals surface area contributed by atoms with Gasteiger partial charge in [0.25, 0.3) is 5.91 Å². The van der Waals surface area contributed by atoms with E-state index < -0.39 is 5.97 Å². The third-order valence-electron chi connectivity index (χ3n) is 4.34. The van der Waals surface area contributed by atoms with Gasteiger partial charge in [0, 0.05) is 22.4 Å². The number of nitrogens with one attached hydrogen (secondary N) is 1. The fourth-order valence-corrected chi connectivity index (χ4v) is 3.77. The zero-order chi connectivity index (χ0) is 15.4. The third-order valence-corrected chi connectivity index (χ3v) is 5.24. The normalized spacial score (nSPS) is 25.3. The molecule has 4 nitrogen and oxygen atoms in total. The second-order valence-corrected chi connectivity index (χ2v) is 6.54. The van der Waals surface area contributed by atoms with Gasteiger partial charge in [-0.1, -0.05) is 20.3 Å². The Kier molecular flexibility index (Phi) is 5.17. The Hall–Kier alpha value is -1.62. The summed E-state index contributed by atoms with van der Waals surface area (Å²) in [5.74, 6) is 0.172. The second kappa shape index (κ2) is 6.89. The van der Waals surface area contributed by atoms with Crippen molar-refractivity contribution in [2.75, 3.05) is 0 Å². The van der Waals surface area contributed by atoms with Gasteiger partial charge in [0.1, 0.15) is 0 Å². The Morgan fingerprint density at radius 2 is 2.24 bits per heavy atom. The van der Waals surface area contributed by atoms with Gasteiger partial charge in [-0.15, -0.1) is 11.3 Å². The Balaban J connectivity index is 1.96. The molecule has 0 bridgehead atoms. The first-order valence-electron chi connectivity index (χ1n) is 7.31. The third kappa shape index (κ3) is 3.94. The van der Waals surface area contributed by atoms with E-state index in [2.05, 4.69) is 19.2 Å². The summed E-state index contributed by atoms with van der Waals surface area (Å²) in [5.41, 5.74) is 0.609. The van der Waals surface area contributed by atoms with Crippen molar-refractivity contribution in [1.82, 2.24) is 5.32 Å². The number of hydrogen-bond donors (Lipinski definition) is 2. The van der Waals surface area contributed by atoms with Crippen LogP contribution in [0, 0.1) is 11.8 Å². The molecule has 2 N–H and O–H groups in total. The zero-order valence-corrected chi connectivity index (χ0v) is 13.2. The van der Waals surface area contributed by atoms with Crippen LogP contribution in [0.5, 0.6) is 0 Å². The van der Waals surface area contributed by atoms with Crippen molar-refractivity contribution in [2.24, 2.45) is 11.8 Å². The maximum Gasteiger partial charge on any atom is 0.328 e. The number of hydrogen-bond acceptors (Lipinski definition) is 3. The number of carboxylic acid groups (broad SMARTS) is 1. The maximum absolute atomic E-state index is 12.2. The first kappa shape index (κ1) is 15.8. The molecule has 0 radical (unpaired) electrons. The first-order valence-corrected chi connectivity index (χ1v) is 8.19. The van der Waals surface area contributed by atoms with Crippen molar-refractivity contribution in [3.63, 3.8) is 0 Å². The van der Waals surface area contributed by atoms with Crippen LogP contribution in [-0.4, -0.2) is 23.0 Å². The van der Waals surface area contributed by atoms with E-state index in [1.807, 2.05) is 0 Å². The van der Waals surface area contributed by atoms with E-state index in [4.69, 9.17) is 5.11 Å². The molecule has 1 heterocycles. The average molecular weight is 307 g/mol. The van der Waals surface area contributed by atoms with E-state index in [9.17, 15) is 9.59 Å². The highest BCUT2D eigenvalue weighted by Gasteiger charge is 2.32. The molecule has 1 saturated carbocycles. The van der Waals surface area contributed by atoms with Gasteiger partial charge in [-0.3, -0.25) is 4.79 Å². The topological polar surface area (TPSA) is 66.4 Å². The van der Waals surface area contributed by atoms with E-state index in [1.165, 1.54) is 23.8 Å². The Labute approximate surface area is 128 Å². The van der Waals surface area contributed by atoms with E-state index in [1.54, 1.807) is 11.4 Å². The van der Waals surface area contributed by atoms with Gasteiger partial charge < -0.3 is 10.4 Å². The van der Waals surface area contributed by atoms with Crippen LogP contribution in [0.15, 0.2) is 17.5 Å². The van der Waals surface area contributed by atoms with Crippen LogP contribution >= 0.6 is 11.3 Å². The number of thiophene rings is 1. The molecule has 0 spiro atoms. The lowest BCUT2D eigenvalue weighted by atomic mass is 9.93. The monoisotopic (exact) mass is 307 g/mol. The lowest BCUT2D eigenvalue weighted by Crippen LogP contribution is -2.37. The van der Waals surface area contributed by atoms with E-state index in [-0.39, 0.29) is 11.9 Å². The Bertz CT molecular complexity index is 549. The van der Waals surface area contributed by atoms with Crippen LogP contribution in [0.25, 0.3) is 6.08 Å². The molecule has 21 heavy (non-hydrogen) atoms. The lowest BCUT2D eigenvalue weighted by molar-refractivity contribution is -0.131. The molecule has 0 saturated heterocycles. The molecule has 114 valence electrons. The summed E-state index contributed by atoms with van der Waals surface area (Å²) in [6.07, 6.45) is 5.98. The summed E-state index contributed by atoms with van der Waals surface area (Å²) in [6, 6.07) is 1.98. The molecule has 0 aliphatic heterocycles. The number of amides is 1. The molecular formula is C16H21NO3S. The van der Waals surface area contributed by atoms with Crippen LogP contribution in [-0.2, 0) is 4.79 Å². The van der Waals surface area contributed by atoms with Gasteiger partial charge in [-0.05, 0) is 36.8 Å². The number of rotatable bonds is 5. The minimum absolute atomic E-state index is 0.0603. The SMILES string of the molecule is CCC1CCC(NC(=O)c2csc(C=CC(=O)O)c2)C1C. The van der Waals surface area contributed by atoms with Crippen molar-refractivity contribution in [1.29, 1.82) is 0 Å². The molecule has 1 aliphatic rings. The minimum atomic E-state index is -0.986. The van der Waals surface area contributed by atoms with Gasteiger partial charge in [-0.2, -0.15) is 0 Å². The van der Waals surface area contributed by atoms with Crippen LogP contribution < -0.4 is 5.32 Å². The predicted octanol–water partition coefficient (Wildman–Crippen LogP) is 3.40. The molecule has 1 aromatic heterocycles. The van der Waals surface area contributed by atoms with E-state index in [0.717, 1.165) is 23.8 Å². The highest BCUT2D eigenvalue weighted by atomic mass is 32.1. The van der Waals surface area contributed by atoms with Gasteiger partial charge in [0.15, 0.2) is 0 Å². The number of carbonyl (C=O) groups is 2. The summed E-state index contributed by atoms with van der Waals surface area (Å²) in [6.45, 7) is 4.41. The lowest BCUT2D eigenvalue weighted by Gasteiger charge is -2.20. The first-order chi connectivity index (χ1) is 10.0. The zero-order valence-electron chi connectivity index (χ0n) is 12.3. The summed E-state index contributed by atoms with van der Waals surface area (Å²) < 4.78 is 0. The highest BCUT2D eigenvalue weighted by molar-refractivity contribution is 7.11. The Morgan fingerprint density at radius 3 is 2.86 bits per heavy atom. The molecule has 5 heteroatoms. The molecule has 0 aromatic carbocycles. The van der Waals surface area contributed by atoms with Crippen LogP contribution in [0.1, 0.15) is 48.3 Å². The summed E-state index contributed by atoms with van der Waals surface area (Å²) >= 11 is 1.37. The molecule has 1 aromatic rings. The highest BCUT2D eigenvalue weighted by Crippen LogP contribution is 2.34. The fourth-order valence-electron chi connectivity index (χ4n) is 2.99. The van der Waals surface area contributed by atoms with Crippen LogP contribution in [0.3, 0.4) is 0 Å². The molecule has 3 unspecified atom stereocenters. The van der Waals surface area contributed by atoms with Crippen LogP contribution in [0.4, 0.5) is 0 Å². The smallest absolute Gasteiger partial charge is 0.328 e. The van der Waals surface area contributed by atoms with Gasteiger partial charge >= 0.3 is 5.97 Å². The molecule has 2 rings (SSSR count). The molecular weight excluding hydrogens is 286 g/mol. The van der Waals surface area contributed by atoms with Crippen molar-refractivity contribution in [3.05, 3.63) is 28.0 Å². The Morgan fingerprint density at radius 1 is 1.48 bits per heavy atom. The van der Waals surface area contributed by atoms with Crippen LogP contribution in [0.2, 0.25) is 0 Å². The van der Waals surface area contributed by atoms with Crippen molar-refractivity contribution in [2.45, 2.75) is 39.2 Å². The standard InChI is InChI=1S/C16H21NO3S/c1-3-11-4-6-14(10(11)2)17-16(20)12-8-13(21-9-12)5-7-15(18)19/h5,7-11,14H,3-4,6H2,1-2H3,(H,17,20)(H,18,19). The molecule has 1 fully saturated rings. The summed E-state index contributed by atoms with van der Waals surface area (Å²) in [7, 11) is 0. The van der Waals surface area contributed by atoms with Gasteiger partial charge in [0.05, 0.1) is 5.56 Å². The summed E-state index contributed by atoms with van der Waals surface area (Å²) in [5, 5.41) is 13.5. The minimum Gasteiger partial charge on any atom is -0.478 e. The van der Waals surface area contributed by atoms with E-state index >= 15 is 0 Å². The number of aliphatic carboxylic acids is 1.